The fourth-order valence-electron chi connectivity index (χ4n) is 8.34. The third-order valence-corrected chi connectivity index (χ3v) is 10.6. The summed E-state index contributed by atoms with van der Waals surface area (Å²) in [5.41, 5.74) is 4.23. The standard InChI is InChI=1S/C31H48O4/c1-19(2)24-18-25(32)21(4)23(30(24,7)17-15-28(34)35-9)12-11-22-20(3)10-13-26-29(5,6)27(33)14-16-31(22,26)8/h22,24-26,32H,1,3,10-18H2,2,4-9H3. The Morgan fingerprint density at radius 2 is 1.86 bits per heavy atom. The number of aliphatic hydroxyl groups excluding tert-OH is 1. The van der Waals surface area contributed by atoms with Crippen LogP contribution in [0.1, 0.15) is 99.3 Å². The van der Waals surface area contributed by atoms with E-state index in [1.807, 2.05) is 6.92 Å². The first kappa shape index (κ1) is 27.9. The Morgan fingerprint density at radius 3 is 2.46 bits per heavy atom. The zero-order valence-corrected chi connectivity index (χ0v) is 23.3. The number of hydrogen-bond acceptors (Lipinski definition) is 4. The smallest absolute Gasteiger partial charge is 0.305 e. The number of ketones is 1. The van der Waals surface area contributed by atoms with E-state index < -0.39 is 6.10 Å². The normalized spacial score (nSPS) is 37.1. The lowest BCUT2D eigenvalue weighted by Crippen LogP contribution is -2.53. The van der Waals surface area contributed by atoms with Crippen LogP contribution in [0, 0.1) is 34.0 Å². The van der Waals surface area contributed by atoms with Gasteiger partial charge in [0, 0.05) is 18.3 Å². The molecule has 35 heavy (non-hydrogen) atoms. The predicted molar refractivity (Wildman–Crippen MR) is 142 cm³/mol. The maximum Gasteiger partial charge on any atom is 0.305 e. The minimum atomic E-state index is -0.484. The fourth-order valence-corrected chi connectivity index (χ4v) is 8.34. The lowest BCUT2D eigenvalue weighted by molar-refractivity contribution is -0.145. The van der Waals surface area contributed by atoms with Crippen LogP contribution in [0.15, 0.2) is 35.5 Å². The van der Waals surface area contributed by atoms with Crippen molar-refractivity contribution in [1.82, 2.24) is 0 Å². The molecule has 3 rings (SSSR count). The molecule has 6 unspecified atom stereocenters. The van der Waals surface area contributed by atoms with Crippen LogP contribution in [0.25, 0.3) is 0 Å². The molecule has 2 saturated carbocycles. The SMILES string of the molecule is C=C(C)C1CC(O)C(C)=C(CCC2C(=C)CCC3C(C)(C)C(=O)CCC23C)C1(C)CCC(=O)OC. The number of ether oxygens (including phenoxy) is 1. The lowest BCUT2D eigenvalue weighted by atomic mass is 9.46. The maximum atomic E-state index is 12.8. The molecule has 196 valence electrons. The van der Waals surface area contributed by atoms with E-state index in [4.69, 9.17) is 4.74 Å². The van der Waals surface area contributed by atoms with E-state index in [0.29, 0.717) is 43.3 Å². The van der Waals surface area contributed by atoms with Gasteiger partial charge in [0.25, 0.3) is 0 Å². The maximum absolute atomic E-state index is 12.8. The zero-order valence-electron chi connectivity index (χ0n) is 23.3. The van der Waals surface area contributed by atoms with Gasteiger partial charge in [-0.1, -0.05) is 57.6 Å². The highest BCUT2D eigenvalue weighted by molar-refractivity contribution is 5.85. The van der Waals surface area contributed by atoms with Crippen molar-refractivity contribution in [2.24, 2.45) is 34.0 Å². The molecule has 4 nitrogen and oxygen atoms in total. The number of fused-ring (bicyclic) bond motifs is 1. The van der Waals surface area contributed by atoms with Crippen molar-refractivity contribution in [3.05, 3.63) is 35.5 Å². The molecule has 0 amide bonds. The quantitative estimate of drug-likeness (QED) is 0.313. The number of Topliss-reactive ketones (excluding diaryl/α,β-unsaturated/α-hetero) is 1. The van der Waals surface area contributed by atoms with Gasteiger partial charge in [-0.2, -0.15) is 0 Å². The number of hydrogen-bond donors (Lipinski definition) is 1. The molecule has 0 aromatic rings. The summed E-state index contributed by atoms with van der Waals surface area (Å²) < 4.78 is 4.97. The molecule has 3 aliphatic rings. The zero-order chi connectivity index (χ0) is 26.3. The highest BCUT2D eigenvalue weighted by Crippen LogP contribution is 2.61. The van der Waals surface area contributed by atoms with E-state index in [-0.39, 0.29) is 28.1 Å². The third-order valence-electron chi connectivity index (χ3n) is 10.6. The summed E-state index contributed by atoms with van der Waals surface area (Å²) in [6.45, 7) is 21.8. The average molecular weight is 485 g/mol. The van der Waals surface area contributed by atoms with Gasteiger partial charge in [-0.05, 0) is 93.0 Å². The largest absolute Gasteiger partial charge is 0.469 e. The second-order valence-corrected chi connectivity index (χ2v) is 12.8. The minimum Gasteiger partial charge on any atom is -0.469 e. The van der Waals surface area contributed by atoms with Crippen molar-refractivity contribution in [2.75, 3.05) is 7.11 Å². The van der Waals surface area contributed by atoms with Gasteiger partial charge in [-0.15, -0.1) is 0 Å². The Hall–Kier alpha value is -1.68. The van der Waals surface area contributed by atoms with E-state index in [1.165, 1.54) is 18.3 Å². The molecule has 4 heteroatoms. The lowest BCUT2D eigenvalue weighted by Gasteiger charge is -2.57. The molecule has 6 atom stereocenters. The summed E-state index contributed by atoms with van der Waals surface area (Å²) in [4.78, 5) is 24.9. The molecule has 0 heterocycles. The summed E-state index contributed by atoms with van der Waals surface area (Å²) in [5.74, 6) is 1.04. The number of aliphatic hydroxyl groups is 1. The molecular formula is C31H48O4. The summed E-state index contributed by atoms with van der Waals surface area (Å²) in [5, 5.41) is 11.0. The van der Waals surface area contributed by atoms with Crippen LogP contribution < -0.4 is 0 Å². The van der Waals surface area contributed by atoms with Gasteiger partial charge in [0.15, 0.2) is 0 Å². The summed E-state index contributed by atoms with van der Waals surface area (Å²) in [6.07, 6.45) is 6.64. The Morgan fingerprint density at radius 1 is 1.20 bits per heavy atom. The number of carbonyl (C=O) groups excluding carboxylic acids is 2. The van der Waals surface area contributed by atoms with Crippen molar-refractivity contribution in [3.8, 4) is 0 Å². The molecule has 2 fully saturated rings. The number of carbonyl (C=O) groups is 2. The average Bonchev–Trinajstić information content (AvgIpc) is 2.78. The van der Waals surface area contributed by atoms with Crippen LogP contribution in [-0.2, 0) is 14.3 Å². The van der Waals surface area contributed by atoms with Crippen molar-refractivity contribution < 1.29 is 19.4 Å². The second kappa shape index (κ2) is 10.00. The second-order valence-electron chi connectivity index (χ2n) is 12.8. The van der Waals surface area contributed by atoms with Gasteiger partial charge < -0.3 is 9.84 Å². The summed E-state index contributed by atoms with van der Waals surface area (Å²) in [7, 11) is 1.44. The molecule has 0 spiro atoms. The van der Waals surface area contributed by atoms with Gasteiger partial charge in [-0.25, -0.2) is 0 Å². The van der Waals surface area contributed by atoms with Gasteiger partial charge in [0.2, 0.25) is 0 Å². The molecule has 3 aliphatic carbocycles. The van der Waals surface area contributed by atoms with Crippen molar-refractivity contribution >= 4 is 11.8 Å². The van der Waals surface area contributed by atoms with Gasteiger partial charge in [-0.3, -0.25) is 9.59 Å². The molecule has 0 radical (unpaired) electrons. The molecule has 0 saturated heterocycles. The first-order valence-electron chi connectivity index (χ1n) is 13.5. The number of allylic oxidation sites excluding steroid dienone is 3. The van der Waals surface area contributed by atoms with E-state index in [0.717, 1.165) is 43.3 Å². The monoisotopic (exact) mass is 484 g/mol. The molecule has 0 bridgehead atoms. The van der Waals surface area contributed by atoms with Crippen LogP contribution in [0.2, 0.25) is 0 Å². The molecular weight excluding hydrogens is 436 g/mol. The molecule has 0 aromatic carbocycles. The van der Waals surface area contributed by atoms with Crippen LogP contribution in [0.5, 0.6) is 0 Å². The van der Waals surface area contributed by atoms with E-state index in [2.05, 4.69) is 47.8 Å². The van der Waals surface area contributed by atoms with E-state index >= 15 is 0 Å². The minimum absolute atomic E-state index is 0.0602. The van der Waals surface area contributed by atoms with Crippen LogP contribution in [0.3, 0.4) is 0 Å². The Kier molecular flexibility index (Phi) is 7.97. The number of rotatable bonds is 7. The predicted octanol–water partition coefficient (Wildman–Crippen LogP) is 6.98. The highest BCUT2D eigenvalue weighted by Gasteiger charge is 2.56. The topological polar surface area (TPSA) is 63.6 Å². The fraction of sp³-hybridized carbons (Fsp3) is 0.742. The Bertz CT molecular complexity index is 924. The van der Waals surface area contributed by atoms with Crippen molar-refractivity contribution in [1.29, 1.82) is 0 Å². The van der Waals surface area contributed by atoms with Crippen LogP contribution in [-0.4, -0.2) is 30.1 Å². The molecule has 1 N–H and O–H groups in total. The van der Waals surface area contributed by atoms with E-state index in [9.17, 15) is 14.7 Å². The van der Waals surface area contributed by atoms with Crippen LogP contribution in [0.4, 0.5) is 0 Å². The molecule has 0 aromatic heterocycles. The first-order chi connectivity index (χ1) is 16.2. The van der Waals surface area contributed by atoms with E-state index in [1.54, 1.807) is 0 Å². The van der Waals surface area contributed by atoms with Gasteiger partial charge in [0.1, 0.15) is 5.78 Å². The third kappa shape index (κ3) is 4.84. The highest BCUT2D eigenvalue weighted by atomic mass is 16.5. The van der Waals surface area contributed by atoms with Gasteiger partial charge in [0.05, 0.1) is 13.2 Å². The number of esters is 1. The Labute approximate surface area is 213 Å². The number of methoxy groups -OCH3 is 1. The van der Waals surface area contributed by atoms with Crippen LogP contribution >= 0.6 is 0 Å². The van der Waals surface area contributed by atoms with Crippen molar-refractivity contribution in [2.45, 2.75) is 105 Å². The van der Waals surface area contributed by atoms with Crippen molar-refractivity contribution in [3.63, 3.8) is 0 Å². The first-order valence-corrected chi connectivity index (χ1v) is 13.5. The summed E-state index contributed by atoms with van der Waals surface area (Å²) >= 11 is 0. The van der Waals surface area contributed by atoms with Gasteiger partial charge >= 0.3 is 5.97 Å². The Balaban J connectivity index is 1.94. The summed E-state index contributed by atoms with van der Waals surface area (Å²) in [6, 6.07) is 0. The molecule has 0 aliphatic heterocycles.